The smallest absolute Gasteiger partial charge is 0.406 e. The van der Waals surface area contributed by atoms with Gasteiger partial charge in [0.2, 0.25) is 11.8 Å². The minimum absolute atomic E-state index is 0.199. The number of para-hydroxylation sites is 1. The first kappa shape index (κ1) is 20.3. The predicted octanol–water partition coefficient (Wildman–Crippen LogP) is 2.71. The molecule has 0 radical (unpaired) electrons. The molecule has 1 aromatic rings. The van der Waals surface area contributed by atoms with E-state index in [0.717, 1.165) is 0 Å². The van der Waals surface area contributed by atoms with Gasteiger partial charge in [0.25, 0.3) is 0 Å². The van der Waals surface area contributed by atoms with Gasteiger partial charge in [-0.2, -0.15) is 13.2 Å². The second-order valence-corrected chi connectivity index (χ2v) is 6.14. The zero-order valence-corrected chi connectivity index (χ0v) is 14.7. The van der Waals surface area contributed by atoms with Gasteiger partial charge in [-0.25, -0.2) is 0 Å². The highest BCUT2D eigenvalue weighted by atomic mass is 35.5. The molecule has 1 aliphatic rings. The number of ether oxygens (including phenoxy) is 2. The highest BCUT2D eigenvalue weighted by Gasteiger charge is 2.40. The van der Waals surface area contributed by atoms with E-state index in [1.165, 1.54) is 7.11 Å². The van der Waals surface area contributed by atoms with Crippen LogP contribution in [0.5, 0.6) is 5.75 Å². The van der Waals surface area contributed by atoms with Gasteiger partial charge in [0.1, 0.15) is 13.2 Å². The van der Waals surface area contributed by atoms with Crippen LogP contribution in [0.15, 0.2) is 18.2 Å². The number of amides is 2. The lowest BCUT2D eigenvalue weighted by atomic mass is 10.1. The number of halogens is 4. The molecule has 1 fully saturated rings. The third kappa shape index (κ3) is 5.50. The number of hydrogen-bond acceptors (Lipinski definition) is 4. The minimum Gasteiger partial charge on any atom is -0.487 e. The fraction of sp³-hybridized carbons (Fsp3) is 0.500. The van der Waals surface area contributed by atoms with Crippen molar-refractivity contribution in [3.63, 3.8) is 0 Å². The molecule has 0 saturated carbocycles. The van der Waals surface area contributed by atoms with Crippen molar-refractivity contribution in [2.45, 2.75) is 12.6 Å². The van der Waals surface area contributed by atoms with E-state index < -0.39 is 30.5 Å². The molecule has 1 unspecified atom stereocenters. The van der Waals surface area contributed by atoms with Crippen LogP contribution in [0.1, 0.15) is 6.42 Å². The molecule has 0 bridgehead atoms. The van der Waals surface area contributed by atoms with Gasteiger partial charge in [-0.15, -0.1) is 0 Å². The van der Waals surface area contributed by atoms with Crippen molar-refractivity contribution in [3.05, 3.63) is 23.2 Å². The van der Waals surface area contributed by atoms with Gasteiger partial charge < -0.3 is 19.7 Å². The molecular weight excluding hydrogens is 377 g/mol. The van der Waals surface area contributed by atoms with Gasteiger partial charge in [-0.3, -0.25) is 9.59 Å². The average molecular weight is 395 g/mol. The molecular formula is C16H18ClF3N2O4. The number of hydrogen-bond donors (Lipinski definition) is 1. The SMILES string of the molecule is COCCOc1c(Cl)cccc1NC(=O)C1CC(=O)N(CC(F)(F)F)C1. The van der Waals surface area contributed by atoms with Crippen LogP contribution >= 0.6 is 11.6 Å². The Balaban J connectivity index is 2.04. The third-order valence-corrected chi connectivity index (χ3v) is 4.01. The van der Waals surface area contributed by atoms with E-state index in [4.69, 9.17) is 21.1 Å². The first-order valence-corrected chi connectivity index (χ1v) is 8.14. The topological polar surface area (TPSA) is 67.9 Å². The minimum atomic E-state index is -4.50. The molecule has 1 aliphatic heterocycles. The molecule has 2 rings (SSSR count). The number of rotatable bonds is 7. The number of alkyl halides is 3. The lowest BCUT2D eigenvalue weighted by Gasteiger charge is -2.18. The highest BCUT2D eigenvalue weighted by molar-refractivity contribution is 6.32. The van der Waals surface area contributed by atoms with Crippen LogP contribution in [0.2, 0.25) is 5.02 Å². The molecule has 2 amide bonds. The van der Waals surface area contributed by atoms with E-state index in [-0.39, 0.29) is 36.0 Å². The molecule has 1 saturated heterocycles. The van der Waals surface area contributed by atoms with E-state index in [9.17, 15) is 22.8 Å². The molecule has 144 valence electrons. The maximum atomic E-state index is 12.5. The summed E-state index contributed by atoms with van der Waals surface area (Å²) in [6.45, 7) is -1.14. The Hall–Kier alpha value is -2.00. The van der Waals surface area contributed by atoms with Gasteiger partial charge in [0.15, 0.2) is 5.75 Å². The van der Waals surface area contributed by atoms with Crippen LogP contribution in [0.3, 0.4) is 0 Å². The molecule has 1 heterocycles. The Morgan fingerprint density at radius 2 is 2.12 bits per heavy atom. The normalized spacial score (nSPS) is 17.5. The highest BCUT2D eigenvalue weighted by Crippen LogP contribution is 2.34. The van der Waals surface area contributed by atoms with Crippen LogP contribution in [0.25, 0.3) is 0 Å². The second kappa shape index (κ2) is 8.59. The summed E-state index contributed by atoms with van der Waals surface area (Å²) in [5, 5.41) is 2.84. The number of nitrogens with zero attached hydrogens (tertiary/aromatic N) is 1. The second-order valence-electron chi connectivity index (χ2n) is 5.74. The quantitative estimate of drug-likeness (QED) is 0.722. The van der Waals surface area contributed by atoms with Crippen molar-refractivity contribution in [2.75, 3.05) is 38.7 Å². The fourth-order valence-corrected chi connectivity index (χ4v) is 2.76. The maximum absolute atomic E-state index is 12.5. The maximum Gasteiger partial charge on any atom is 0.406 e. The van der Waals surface area contributed by atoms with Crippen molar-refractivity contribution in [1.29, 1.82) is 0 Å². The summed E-state index contributed by atoms with van der Waals surface area (Å²) in [5.74, 6) is -1.92. The summed E-state index contributed by atoms with van der Waals surface area (Å²) in [7, 11) is 1.50. The zero-order chi connectivity index (χ0) is 19.3. The lowest BCUT2D eigenvalue weighted by molar-refractivity contribution is -0.157. The standard InChI is InChI=1S/C16H18ClF3N2O4/c1-25-5-6-26-14-11(17)3-2-4-12(14)21-15(24)10-7-13(23)22(8-10)9-16(18,19)20/h2-4,10H,5-9H2,1H3,(H,21,24). The van der Waals surface area contributed by atoms with Crippen molar-refractivity contribution in [2.24, 2.45) is 5.92 Å². The average Bonchev–Trinajstić information content (AvgIpc) is 2.89. The van der Waals surface area contributed by atoms with Gasteiger partial charge in [-0.1, -0.05) is 17.7 Å². The van der Waals surface area contributed by atoms with E-state index in [0.29, 0.717) is 11.5 Å². The predicted molar refractivity (Wildman–Crippen MR) is 88.2 cm³/mol. The van der Waals surface area contributed by atoms with Crippen molar-refractivity contribution in [3.8, 4) is 5.75 Å². The molecule has 0 spiro atoms. The number of carbonyl (C=O) groups excluding carboxylic acids is 2. The number of methoxy groups -OCH3 is 1. The Labute approximate surface area is 153 Å². The molecule has 26 heavy (non-hydrogen) atoms. The largest absolute Gasteiger partial charge is 0.487 e. The van der Waals surface area contributed by atoms with Crippen molar-refractivity contribution in [1.82, 2.24) is 4.90 Å². The molecule has 10 heteroatoms. The fourth-order valence-electron chi connectivity index (χ4n) is 2.53. The van der Waals surface area contributed by atoms with Gasteiger partial charge in [0, 0.05) is 20.1 Å². The van der Waals surface area contributed by atoms with Gasteiger partial charge >= 0.3 is 6.18 Å². The first-order valence-electron chi connectivity index (χ1n) is 7.77. The van der Waals surface area contributed by atoms with Gasteiger partial charge in [-0.05, 0) is 12.1 Å². The van der Waals surface area contributed by atoms with Crippen LogP contribution in [0, 0.1) is 5.92 Å². The monoisotopic (exact) mass is 394 g/mol. The summed E-state index contributed by atoms with van der Waals surface area (Å²) in [6, 6.07) is 4.72. The Bertz CT molecular complexity index is 669. The van der Waals surface area contributed by atoms with Crippen molar-refractivity contribution < 1.29 is 32.2 Å². The Morgan fingerprint density at radius 3 is 2.77 bits per heavy atom. The summed E-state index contributed by atoms with van der Waals surface area (Å²) in [5.41, 5.74) is 0.278. The first-order chi connectivity index (χ1) is 12.2. The third-order valence-electron chi connectivity index (χ3n) is 3.71. The number of carbonyl (C=O) groups is 2. The van der Waals surface area contributed by atoms with Crippen LogP contribution < -0.4 is 10.1 Å². The van der Waals surface area contributed by atoms with Gasteiger partial charge in [0.05, 0.1) is 23.2 Å². The Morgan fingerprint density at radius 1 is 1.38 bits per heavy atom. The molecule has 0 aliphatic carbocycles. The number of nitrogens with one attached hydrogen (secondary N) is 1. The molecule has 0 aromatic heterocycles. The van der Waals surface area contributed by atoms with Crippen LogP contribution in [-0.4, -0.2) is 56.3 Å². The molecule has 1 atom stereocenters. The summed E-state index contributed by atoms with van der Waals surface area (Å²) >= 11 is 6.07. The van der Waals surface area contributed by atoms with Crippen molar-refractivity contribution >= 4 is 29.1 Å². The summed E-state index contributed by atoms with van der Waals surface area (Å²) in [4.78, 5) is 24.7. The molecule has 1 aromatic carbocycles. The Kier molecular flexibility index (Phi) is 6.71. The van der Waals surface area contributed by atoms with E-state index in [1.54, 1.807) is 18.2 Å². The number of likely N-dealkylation sites (tertiary alicyclic amines) is 1. The van der Waals surface area contributed by atoms with Crippen LogP contribution in [-0.2, 0) is 14.3 Å². The molecule has 6 nitrogen and oxygen atoms in total. The number of anilines is 1. The van der Waals surface area contributed by atoms with E-state index >= 15 is 0 Å². The number of benzene rings is 1. The van der Waals surface area contributed by atoms with E-state index in [1.807, 2.05) is 0 Å². The zero-order valence-electron chi connectivity index (χ0n) is 13.9. The van der Waals surface area contributed by atoms with Crippen LogP contribution in [0.4, 0.5) is 18.9 Å². The summed E-state index contributed by atoms with van der Waals surface area (Å²) in [6.07, 6.45) is -4.78. The lowest BCUT2D eigenvalue weighted by Crippen LogP contribution is -2.36. The molecule has 1 N–H and O–H groups in total. The van der Waals surface area contributed by atoms with E-state index in [2.05, 4.69) is 5.32 Å². The summed E-state index contributed by atoms with van der Waals surface area (Å²) < 4.78 is 47.8.